The molecule has 1 amide bonds. The van der Waals surface area contributed by atoms with Crippen molar-refractivity contribution in [3.8, 4) is 11.5 Å². The predicted octanol–water partition coefficient (Wildman–Crippen LogP) is 4.52. The molecule has 1 unspecified atom stereocenters. The molecule has 2 aromatic heterocycles. The molecule has 1 aromatic carbocycles. The number of carbonyl (C=O) groups excluding carboxylic acids is 1. The maximum Gasteiger partial charge on any atom is 0.263 e. The second-order valence-electron chi connectivity index (χ2n) is 8.03. The first-order valence-electron chi connectivity index (χ1n) is 10.8. The van der Waals surface area contributed by atoms with Gasteiger partial charge >= 0.3 is 0 Å². The Bertz CT molecular complexity index is 1260. The van der Waals surface area contributed by atoms with Crippen molar-refractivity contribution < 1.29 is 14.3 Å². The van der Waals surface area contributed by atoms with E-state index in [1.165, 1.54) is 16.6 Å². The van der Waals surface area contributed by atoms with Gasteiger partial charge in [0.2, 0.25) is 5.91 Å². The summed E-state index contributed by atoms with van der Waals surface area (Å²) in [6.07, 6.45) is 4.68. The van der Waals surface area contributed by atoms with Crippen molar-refractivity contribution in [2.75, 3.05) is 25.3 Å². The van der Waals surface area contributed by atoms with Gasteiger partial charge in [-0.05, 0) is 42.9 Å². The van der Waals surface area contributed by atoms with Crippen LogP contribution in [-0.4, -0.2) is 35.4 Å². The molecule has 3 aromatic rings. The van der Waals surface area contributed by atoms with Gasteiger partial charge in [0.15, 0.2) is 5.16 Å². The van der Waals surface area contributed by atoms with Crippen molar-refractivity contribution in [1.29, 1.82) is 0 Å². The molecule has 1 aliphatic rings. The number of benzene rings is 1. The molecule has 0 aliphatic heterocycles. The summed E-state index contributed by atoms with van der Waals surface area (Å²) in [5.74, 6) is 1.63. The number of methoxy groups -OCH3 is 2. The highest BCUT2D eigenvalue weighted by Gasteiger charge is 2.24. The fourth-order valence-corrected chi connectivity index (χ4v) is 6.27. The topological polar surface area (TPSA) is 82.5 Å². The Kier molecular flexibility index (Phi) is 7.09. The number of anilines is 1. The molecule has 1 N–H and O–H groups in total. The number of nitrogens with one attached hydrogen (secondary N) is 1. The van der Waals surface area contributed by atoms with Crippen LogP contribution in [0.15, 0.2) is 40.8 Å². The number of aromatic nitrogens is 2. The standard InChI is InChI=1S/C24H27N3O4S2/c1-5-10-27-23(29)21-16-8-6-14(2)11-19(16)33-22(21)26-24(27)32-13-20(28)25-17-12-15(30-3)7-9-18(17)31-4/h5,7,9,12,14H,1,6,8,10-11,13H2,2-4H3,(H,25,28). The second-order valence-corrected chi connectivity index (χ2v) is 10.1. The molecular weight excluding hydrogens is 458 g/mol. The number of amides is 1. The number of thiophene rings is 1. The van der Waals surface area contributed by atoms with Crippen LogP contribution in [0, 0.1) is 5.92 Å². The van der Waals surface area contributed by atoms with Crippen LogP contribution in [0.25, 0.3) is 10.2 Å². The molecule has 9 heteroatoms. The summed E-state index contributed by atoms with van der Waals surface area (Å²) < 4.78 is 12.2. The lowest BCUT2D eigenvalue weighted by molar-refractivity contribution is -0.113. The van der Waals surface area contributed by atoms with E-state index >= 15 is 0 Å². The number of allylic oxidation sites excluding steroid dienone is 1. The molecule has 174 valence electrons. The Hall–Kier alpha value is -2.78. The Morgan fingerprint density at radius 1 is 1.39 bits per heavy atom. The van der Waals surface area contributed by atoms with Gasteiger partial charge in [-0.2, -0.15) is 0 Å². The van der Waals surface area contributed by atoms with Gasteiger partial charge in [-0.1, -0.05) is 24.8 Å². The molecule has 7 nitrogen and oxygen atoms in total. The minimum absolute atomic E-state index is 0.0515. The van der Waals surface area contributed by atoms with Crippen LogP contribution >= 0.6 is 23.1 Å². The third-order valence-corrected chi connectivity index (χ3v) is 7.83. The van der Waals surface area contributed by atoms with Crippen molar-refractivity contribution in [3.05, 3.63) is 51.6 Å². The zero-order valence-corrected chi connectivity index (χ0v) is 20.6. The Balaban J connectivity index is 1.59. The fraction of sp³-hybridized carbons (Fsp3) is 0.375. The lowest BCUT2D eigenvalue weighted by Gasteiger charge is -2.17. The van der Waals surface area contributed by atoms with Crippen LogP contribution in [0.1, 0.15) is 23.8 Å². The van der Waals surface area contributed by atoms with Gasteiger partial charge in [0.25, 0.3) is 5.56 Å². The molecule has 1 aliphatic carbocycles. The average molecular weight is 486 g/mol. The zero-order valence-electron chi connectivity index (χ0n) is 19.0. The lowest BCUT2D eigenvalue weighted by atomic mass is 9.89. The zero-order chi connectivity index (χ0) is 23.5. The minimum atomic E-state index is -0.231. The highest BCUT2D eigenvalue weighted by atomic mass is 32.2. The molecule has 2 heterocycles. The molecule has 0 fully saturated rings. The number of thioether (sulfide) groups is 1. The van der Waals surface area contributed by atoms with E-state index in [9.17, 15) is 9.59 Å². The molecule has 33 heavy (non-hydrogen) atoms. The maximum atomic E-state index is 13.4. The second kappa shape index (κ2) is 10.0. The van der Waals surface area contributed by atoms with Crippen LogP contribution in [0.5, 0.6) is 11.5 Å². The fourth-order valence-electron chi connectivity index (χ4n) is 4.03. The summed E-state index contributed by atoms with van der Waals surface area (Å²) in [5.41, 5.74) is 1.63. The molecule has 0 radical (unpaired) electrons. The van der Waals surface area contributed by atoms with Crippen molar-refractivity contribution >= 4 is 44.9 Å². The smallest absolute Gasteiger partial charge is 0.263 e. The van der Waals surface area contributed by atoms with E-state index in [1.54, 1.807) is 54.4 Å². The predicted molar refractivity (Wildman–Crippen MR) is 134 cm³/mol. The summed E-state index contributed by atoms with van der Waals surface area (Å²) in [6.45, 7) is 6.38. The van der Waals surface area contributed by atoms with Gasteiger partial charge in [0, 0.05) is 17.5 Å². The normalized spacial score (nSPS) is 15.2. The Morgan fingerprint density at radius 3 is 2.94 bits per heavy atom. The maximum absolute atomic E-state index is 13.4. The third-order valence-electron chi connectivity index (χ3n) is 5.70. The molecular formula is C24H27N3O4S2. The molecule has 1 atom stereocenters. The number of rotatable bonds is 8. The summed E-state index contributed by atoms with van der Waals surface area (Å²) in [4.78, 5) is 32.9. The molecule has 0 saturated heterocycles. The van der Waals surface area contributed by atoms with Crippen LogP contribution < -0.4 is 20.3 Å². The number of nitrogens with zero attached hydrogens (tertiary/aromatic N) is 2. The first kappa shape index (κ1) is 23.4. The van der Waals surface area contributed by atoms with Gasteiger partial charge < -0.3 is 14.8 Å². The van der Waals surface area contributed by atoms with E-state index in [-0.39, 0.29) is 17.2 Å². The number of carbonyl (C=O) groups is 1. The quantitative estimate of drug-likeness (QED) is 0.287. The van der Waals surface area contributed by atoms with Crippen molar-refractivity contribution in [2.45, 2.75) is 37.9 Å². The molecule has 0 saturated carbocycles. The van der Waals surface area contributed by atoms with E-state index in [0.29, 0.717) is 34.8 Å². The number of fused-ring (bicyclic) bond motifs is 3. The minimum Gasteiger partial charge on any atom is -0.497 e. The third kappa shape index (κ3) is 4.79. The largest absolute Gasteiger partial charge is 0.497 e. The van der Waals surface area contributed by atoms with Crippen LogP contribution in [0.2, 0.25) is 0 Å². The van der Waals surface area contributed by atoms with Gasteiger partial charge in [-0.3, -0.25) is 14.2 Å². The monoisotopic (exact) mass is 485 g/mol. The summed E-state index contributed by atoms with van der Waals surface area (Å²) in [5, 5.41) is 4.11. The van der Waals surface area contributed by atoms with E-state index in [1.807, 2.05) is 0 Å². The van der Waals surface area contributed by atoms with Gasteiger partial charge in [-0.15, -0.1) is 17.9 Å². The number of hydrogen-bond acceptors (Lipinski definition) is 7. The molecule has 0 bridgehead atoms. The van der Waals surface area contributed by atoms with Gasteiger partial charge in [0.1, 0.15) is 16.3 Å². The van der Waals surface area contributed by atoms with Gasteiger partial charge in [-0.25, -0.2) is 4.98 Å². The Morgan fingerprint density at radius 2 is 2.21 bits per heavy atom. The van der Waals surface area contributed by atoms with Crippen LogP contribution in [0.4, 0.5) is 5.69 Å². The number of hydrogen-bond donors (Lipinski definition) is 1. The van der Waals surface area contributed by atoms with E-state index < -0.39 is 0 Å². The molecule has 0 spiro atoms. The average Bonchev–Trinajstić information content (AvgIpc) is 3.17. The number of ether oxygens (including phenoxy) is 2. The SMILES string of the molecule is C=CCn1c(SCC(=O)Nc2cc(OC)ccc2OC)nc2sc3c(c2c1=O)CCC(C)C3. The van der Waals surface area contributed by atoms with E-state index in [0.717, 1.165) is 35.0 Å². The lowest BCUT2D eigenvalue weighted by Crippen LogP contribution is -2.24. The van der Waals surface area contributed by atoms with Crippen molar-refractivity contribution in [3.63, 3.8) is 0 Å². The number of aryl methyl sites for hydroxylation is 1. The molecule has 4 rings (SSSR count). The summed E-state index contributed by atoms with van der Waals surface area (Å²) in [7, 11) is 3.10. The summed E-state index contributed by atoms with van der Waals surface area (Å²) in [6, 6.07) is 5.20. The van der Waals surface area contributed by atoms with Crippen molar-refractivity contribution in [2.24, 2.45) is 5.92 Å². The van der Waals surface area contributed by atoms with Gasteiger partial charge in [0.05, 0.1) is 31.0 Å². The van der Waals surface area contributed by atoms with E-state index in [2.05, 4.69) is 18.8 Å². The first-order valence-corrected chi connectivity index (χ1v) is 12.6. The van der Waals surface area contributed by atoms with Crippen LogP contribution in [-0.2, 0) is 24.2 Å². The summed E-state index contributed by atoms with van der Waals surface area (Å²) >= 11 is 2.85. The highest BCUT2D eigenvalue weighted by molar-refractivity contribution is 7.99. The van der Waals surface area contributed by atoms with Crippen molar-refractivity contribution in [1.82, 2.24) is 9.55 Å². The highest BCUT2D eigenvalue weighted by Crippen LogP contribution is 2.36. The first-order chi connectivity index (χ1) is 15.9. The Labute approximate surface area is 200 Å². The van der Waals surface area contributed by atoms with E-state index in [4.69, 9.17) is 14.5 Å². The van der Waals surface area contributed by atoms with Crippen LogP contribution in [0.3, 0.4) is 0 Å².